The van der Waals surface area contributed by atoms with Gasteiger partial charge in [-0.05, 0) is 14.0 Å². The number of hydrazine groups is 1. The number of aromatic nitrogens is 2. The average molecular weight is 217 g/mol. The molecule has 0 aromatic carbocycles. The van der Waals surface area contributed by atoms with Crippen molar-refractivity contribution in [3.63, 3.8) is 0 Å². The van der Waals surface area contributed by atoms with Crippen LogP contribution in [0.1, 0.15) is 11.9 Å². The molecule has 1 heterocycles. The van der Waals surface area contributed by atoms with Crippen LogP contribution in [0.2, 0.25) is 0 Å². The number of hydrogen-bond acceptors (Lipinski definition) is 7. The standard InChI is InChI=1S/C7H15N5OS/c1-5(4-13)12(2)3-6-10-11-7(9-8)14-6/h5,13H,3-4,8H2,1-2H3,(H,9,11). The molecule has 1 atom stereocenters. The first-order valence-corrected chi connectivity index (χ1v) is 5.09. The Balaban J connectivity index is 2.51. The summed E-state index contributed by atoms with van der Waals surface area (Å²) in [7, 11) is 1.93. The minimum Gasteiger partial charge on any atom is -0.395 e. The fourth-order valence-electron chi connectivity index (χ4n) is 0.884. The number of likely N-dealkylation sites (N-methyl/N-ethyl adjacent to an activating group) is 1. The van der Waals surface area contributed by atoms with Crippen LogP contribution >= 0.6 is 11.3 Å². The Labute approximate surface area is 86.7 Å². The fourth-order valence-corrected chi connectivity index (χ4v) is 1.60. The molecule has 14 heavy (non-hydrogen) atoms. The van der Waals surface area contributed by atoms with Gasteiger partial charge in [0.2, 0.25) is 5.13 Å². The molecule has 1 rings (SSSR count). The van der Waals surface area contributed by atoms with Gasteiger partial charge in [0.25, 0.3) is 0 Å². The number of aliphatic hydroxyl groups is 1. The minimum absolute atomic E-state index is 0.119. The highest BCUT2D eigenvalue weighted by Crippen LogP contribution is 2.15. The lowest BCUT2D eigenvalue weighted by molar-refractivity contribution is 0.153. The van der Waals surface area contributed by atoms with Crippen LogP contribution in [0.25, 0.3) is 0 Å². The van der Waals surface area contributed by atoms with E-state index in [9.17, 15) is 0 Å². The third-order valence-electron chi connectivity index (χ3n) is 1.99. The number of nitrogens with two attached hydrogens (primary N) is 1. The molecule has 1 unspecified atom stereocenters. The summed E-state index contributed by atoms with van der Waals surface area (Å²) < 4.78 is 0. The third kappa shape index (κ3) is 2.88. The molecule has 1 aromatic rings. The number of rotatable bonds is 5. The molecule has 4 N–H and O–H groups in total. The van der Waals surface area contributed by atoms with Crippen molar-refractivity contribution >= 4 is 16.5 Å². The second-order valence-corrected chi connectivity index (χ2v) is 4.15. The molecule has 0 saturated heterocycles. The van der Waals surface area contributed by atoms with Gasteiger partial charge in [0.15, 0.2) is 0 Å². The SMILES string of the molecule is CC(CO)N(C)Cc1nnc(NN)s1. The van der Waals surface area contributed by atoms with E-state index >= 15 is 0 Å². The quantitative estimate of drug-likeness (QED) is 0.461. The molecule has 0 amide bonds. The maximum atomic E-state index is 8.93. The highest BCUT2D eigenvalue weighted by molar-refractivity contribution is 7.15. The van der Waals surface area contributed by atoms with Gasteiger partial charge in [-0.25, -0.2) is 5.84 Å². The molecule has 0 saturated carbocycles. The van der Waals surface area contributed by atoms with E-state index in [0.717, 1.165) is 5.01 Å². The van der Waals surface area contributed by atoms with E-state index < -0.39 is 0 Å². The Morgan fingerprint density at radius 1 is 1.64 bits per heavy atom. The average Bonchev–Trinajstić information content (AvgIpc) is 2.64. The van der Waals surface area contributed by atoms with Crippen LogP contribution in [0.15, 0.2) is 0 Å². The largest absolute Gasteiger partial charge is 0.395 e. The number of nitrogen functional groups attached to an aromatic ring is 1. The van der Waals surface area contributed by atoms with Crippen molar-refractivity contribution in [2.75, 3.05) is 19.1 Å². The molecule has 0 spiro atoms. The summed E-state index contributed by atoms with van der Waals surface area (Å²) in [6, 6.07) is 0.119. The number of aliphatic hydroxyl groups excluding tert-OH is 1. The number of hydrogen-bond donors (Lipinski definition) is 3. The first-order valence-electron chi connectivity index (χ1n) is 4.27. The first-order chi connectivity index (χ1) is 6.67. The summed E-state index contributed by atoms with van der Waals surface area (Å²) in [4.78, 5) is 2.00. The molecule has 7 heteroatoms. The zero-order valence-corrected chi connectivity index (χ0v) is 9.08. The van der Waals surface area contributed by atoms with Crippen LogP contribution in [-0.2, 0) is 6.54 Å². The zero-order valence-electron chi connectivity index (χ0n) is 8.27. The molecular weight excluding hydrogens is 202 g/mol. The maximum Gasteiger partial charge on any atom is 0.219 e. The lowest BCUT2D eigenvalue weighted by Gasteiger charge is -2.20. The van der Waals surface area contributed by atoms with E-state index in [4.69, 9.17) is 10.9 Å². The van der Waals surface area contributed by atoms with Gasteiger partial charge in [0, 0.05) is 6.04 Å². The van der Waals surface area contributed by atoms with Gasteiger partial charge in [0.1, 0.15) is 5.01 Å². The Kier molecular flexibility index (Phi) is 4.21. The molecule has 80 valence electrons. The molecule has 0 aliphatic rings. The summed E-state index contributed by atoms with van der Waals surface area (Å²) in [5.74, 6) is 5.18. The van der Waals surface area contributed by atoms with Crippen molar-refractivity contribution in [3.8, 4) is 0 Å². The highest BCUT2D eigenvalue weighted by atomic mass is 32.1. The maximum absolute atomic E-state index is 8.93. The van der Waals surface area contributed by atoms with Gasteiger partial charge in [0.05, 0.1) is 13.2 Å². The van der Waals surface area contributed by atoms with E-state index in [1.807, 2.05) is 18.9 Å². The summed E-state index contributed by atoms with van der Waals surface area (Å²) in [5, 5.41) is 18.2. The van der Waals surface area contributed by atoms with Crippen molar-refractivity contribution in [1.29, 1.82) is 0 Å². The van der Waals surface area contributed by atoms with Gasteiger partial charge in [-0.2, -0.15) is 0 Å². The van der Waals surface area contributed by atoms with Gasteiger partial charge in [-0.15, -0.1) is 10.2 Å². The van der Waals surface area contributed by atoms with Crippen LogP contribution in [0.5, 0.6) is 0 Å². The van der Waals surface area contributed by atoms with E-state index in [-0.39, 0.29) is 12.6 Å². The molecule has 6 nitrogen and oxygen atoms in total. The summed E-state index contributed by atoms with van der Waals surface area (Å²) in [6.45, 7) is 2.75. The summed E-state index contributed by atoms with van der Waals surface area (Å²) in [6.07, 6.45) is 0. The zero-order chi connectivity index (χ0) is 10.6. The van der Waals surface area contributed by atoms with Crippen LogP contribution in [-0.4, -0.2) is 39.9 Å². The Hall–Kier alpha value is -0.760. The van der Waals surface area contributed by atoms with Crippen molar-refractivity contribution < 1.29 is 5.11 Å². The molecule has 0 aliphatic carbocycles. The predicted molar refractivity (Wildman–Crippen MR) is 55.7 cm³/mol. The lowest BCUT2D eigenvalue weighted by atomic mass is 10.3. The summed E-state index contributed by atoms with van der Waals surface area (Å²) in [5.41, 5.74) is 2.44. The van der Waals surface area contributed by atoms with Gasteiger partial charge in [-0.1, -0.05) is 11.3 Å². The monoisotopic (exact) mass is 217 g/mol. The van der Waals surface area contributed by atoms with Crippen molar-refractivity contribution in [1.82, 2.24) is 15.1 Å². The van der Waals surface area contributed by atoms with E-state index in [2.05, 4.69) is 15.6 Å². The molecule has 0 fully saturated rings. The predicted octanol–water partition coefficient (Wildman–Crippen LogP) is -0.364. The summed E-state index contributed by atoms with van der Waals surface area (Å²) >= 11 is 1.41. The van der Waals surface area contributed by atoms with Crippen LogP contribution < -0.4 is 11.3 Å². The number of nitrogens with zero attached hydrogens (tertiary/aromatic N) is 3. The minimum atomic E-state index is 0.119. The third-order valence-corrected chi connectivity index (χ3v) is 2.83. The second kappa shape index (κ2) is 5.20. The van der Waals surface area contributed by atoms with E-state index in [1.54, 1.807) is 0 Å². The fraction of sp³-hybridized carbons (Fsp3) is 0.714. The smallest absolute Gasteiger partial charge is 0.219 e. The topological polar surface area (TPSA) is 87.3 Å². The second-order valence-electron chi connectivity index (χ2n) is 3.09. The van der Waals surface area contributed by atoms with Crippen molar-refractivity contribution in [3.05, 3.63) is 5.01 Å². The van der Waals surface area contributed by atoms with E-state index in [1.165, 1.54) is 11.3 Å². The normalized spacial score (nSPS) is 13.2. The van der Waals surface area contributed by atoms with Crippen molar-refractivity contribution in [2.45, 2.75) is 19.5 Å². The Morgan fingerprint density at radius 3 is 2.86 bits per heavy atom. The first kappa shape index (κ1) is 11.3. The van der Waals surface area contributed by atoms with Gasteiger partial charge >= 0.3 is 0 Å². The molecule has 1 aromatic heterocycles. The lowest BCUT2D eigenvalue weighted by Crippen LogP contribution is -2.31. The van der Waals surface area contributed by atoms with Crippen LogP contribution in [0.4, 0.5) is 5.13 Å². The number of anilines is 1. The Bertz CT molecular complexity index is 279. The highest BCUT2D eigenvalue weighted by Gasteiger charge is 2.11. The molecular formula is C7H15N5OS. The number of nitrogens with one attached hydrogen (secondary N) is 1. The molecule has 0 bridgehead atoms. The molecule has 0 aliphatic heterocycles. The van der Waals surface area contributed by atoms with E-state index in [0.29, 0.717) is 11.7 Å². The van der Waals surface area contributed by atoms with Crippen molar-refractivity contribution in [2.24, 2.45) is 5.84 Å². The Morgan fingerprint density at radius 2 is 2.36 bits per heavy atom. The van der Waals surface area contributed by atoms with Crippen LogP contribution in [0, 0.1) is 0 Å². The van der Waals surface area contributed by atoms with Gasteiger partial charge < -0.3 is 5.11 Å². The van der Waals surface area contributed by atoms with Gasteiger partial charge in [-0.3, -0.25) is 10.3 Å². The van der Waals surface area contributed by atoms with Crippen LogP contribution in [0.3, 0.4) is 0 Å². The molecule has 0 radical (unpaired) electrons.